The molecule has 0 aromatic heterocycles. The summed E-state index contributed by atoms with van der Waals surface area (Å²) in [7, 11) is 0. The summed E-state index contributed by atoms with van der Waals surface area (Å²) in [4.78, 5) is 0. The Bertz CT molecular complexity index is 1110. The minimum atomic E-state index is -0.265. The summed E-state index contributed by atoms with van der Waals surface area (Å²) in [6.07, 6.45) is 0. The number of rotatable bonds is 0. The normalized spacial score (nSPS) is 14.7. The fraction of sp³-hybridized carbons (Fsp3) is 0.167. The second-order valence-electron chi connectivity index (χ2n) is 7.66. The Morgan fingerprint density at radius 3 is 1.88 bits per heavy atom. The average Bonchev–Trinajstić information content (AvgIpc) is 2.64. The highest BCUT2D eigenvalue weighted by atomic mass is 16.5. The summed E-state index contributed by atoms with van der Waals surface area (Å²) in [5.74, 6) is 2.08. The molecule has 26 heavy (non-hydrogen) atoms. The van der Waals surface area contributed by atoms with Crippen LogP contribution in [0.15, 0.2) is 60.7 Å². The second-order valence-corrected chi connectivity index (χ2v) is 7.66. The van der Waals surface area contributed by atoms with Gasteiger partial charge in [-0.1, -0.05) is 68.4 Å². The first-order chi connectivity index (χ1) is 12.5. The molecule has 5 rings (SSSR count). The smallest absolute Gasteiger partial charge is 0.139 e. The maximum atomic E-state index is 10.6. The van der Waals surface area contributed by atoms with E-state index in [-0.39, 0.29) is 5.41 Å². The number of hydrogen-bond acceptors (Lipinski definition) is 2. The minimum absolute atomic E-state index is 0.265. The van der Waals surface area contributed by atoms with Crippen molar-refractivity contribution in [3.8, 4) is 17.2 Å². The van der Waals surface area contributed by atoms with Gasteiger partial charge < -0.3 is 9.84 Å². The number of hydrogen-bond donors (Lipinski definition) is 1. The lowest BCUT2D eigenvalue weighted by Crippen LogP contribution is -2.24. The molecule has 0 spiro atoms. The number of phenolic OH excluding ortho intramolecular Hbond substituents is 1. The second kappa shape index (κ2) is 5.01. The molecule has 0 aliphatic carbocycles. The van der Waals surface area contributed by atoms with Gasteiger partial charge in [0, 0.05) is 32.7 Å². The zero-order chi connectivity index (χ0) is 18.1. The molecule has 0 amide bonds. The number of aryl methyl sites for hydroxylation is 1. The van der Waals surface area contributed by atoms with E-state index in [2.05, 4.69) is 51.1 Å². The number of ether oxygens (including phenoxy) is 1. The summed E-state index contributed by atoms with van der Waals surface area (Å²) in [5.41, 5.74) is 3.16. The van der Waals surface area contributed by atoms with Crippen molar-refractivity contribution in [2.45, 2.75) is 26.2 Å². The summed E-state index contributed by atoms with van der Waals surface area (Å²) < 4.78 is 6.54. The van der Waals surface area contributed by atoms with Crippen molar-refractivity contribution in [2.24, 2.45) is 0 Å². The van der Waals surface area contributed by atoms with E-state index in [1.165, 1.54) is 10.9 Å². The molecule has 2 nitrogen and oxygen atoms in total. The first-order valence-corrected chi connectivity index (χ1v) is 8.94. The lowest BCUT2D eigenvalue weighted by atomic mass is 9.73. The molecule has 4 aromatic rings. The molecule has 1 aliphatic rings. The highest BCUT2D eigenvalue weighted by Crippen LogP contribution is 2.54. The maximum absolute atomic E-state index is 10.6. The summed E-state index contributed by atoms with van der Waals surface area (Å²) in [6, 6.07) is 20.4. The highest BCUT2D eigenvalue weighted by molar-refractivity contribution is 5.98. The van der Waals surface area contributed by atoms with Gasteiger partial charge >= 0.3 is 0 Å². The van der Waals surface area contributed by atoms with Gasteiger partial charge in [0.2, 0.25) is 0 Å². The van der Waals surface area contributed by atoms with Gasteiger partial charge in [-0.2, -0.15) is 0 Å². The van der Waals surface area contributed by atoms with Gasteiger partial charge in [0.15, 0.2) is 0 Å². The van der Waals surface area contributed by atoms with Crippen molar-refractivity contribution in [3.63, 3.8) is 0 Å². The number of phenols is 1. The van der Waals surface area contributed by atoms with Crippen molar-refractivity contribution in [1.29, 1.82) is 0 Å². The molecule has 0 bridgehead atoms. The quantitative estimate of drug-likeness (QED) is 0.399. The van der Waals surface area contributed by atoms with Crippen LogP contribution in [-0.2, 0) is 5.41 Å². The van der Waals surface area contributed by atoms with Gasteiger partial charge in [-0.05, 0) is 23.9 Å². The molecule has 1 N–H and O–H groups in total. The van der Waals surface area contributed by atoms with E-state index < -0.39 is 0 Å². The van der Waals surface area contributed by atoms with E-state index in [0.29, 0.717) is 5.75 Å². The zero-order valence-electron chi connectivity index (χ0n) is 15.1. The topological polar surface area (TPSA) is 29.5 Å². The summed E-state index contributed by atoms with van der Waals surface area (Å²) in [5, 5.41) is 14.7. The highest BCUT2D eigenvalue weighted by Gasteiger charge is 2.37. The molecule has 0 radical (unpaired) electrons. The molecule has 1 heterocycles. The third-order valence-corrected chi connectivity index (χ3v) is 5.73. The third-order valence-electron chi connectivity index (χ3n) is 5.73. The van der Waals surface area contributed by atoms with Crippen LogP contribution in [0, 0.1) is 6.92 Å². The van der Waals surface area contributed by atoms with Crippen LogP contribution in [-0.4, -0.2) is 5.11 Å². The Balaban J connectivity index is 1.92. The van der Waals surface area contributed by atoms with E-state index in [9.17, 15) is 5.11 Å². The lowest BCUT2D eigenvalue weighted by Gasteiger charge is -2.36. The first-order valence-electron chi connectivity index (χ1n) is 8.94. The van der Waals surface area contributed by atoms with E-state index >= 15 is 0 Å². The first kappa shape index (κ1) is 15.3. The molecule has 0 fully saturated rings. The zero-order valence-corrected chi connectivity index (χ0v) is 15.1. The maximum Gasteiger partial charge on any atom is 0.139 e. The fourth-order valence-electron chi connectivity index (χ4n) is 4.26. The largest absolute Gasteiger partial charge is 0.507 e. The van der Waals surface area contributed by atoms with Crippen molar-refractivity contribution in [2.75, 3.05) is 0 Å². The van der Waals surface area contributed by atoms with Crippen molar-refractivity contribution in [3.05, 3.63) is 77.4 Å². The average molecular weight is 340 g/mol. The van der Waals surface area contributed by atoms with Gasteiger partial charge in [-0.3, -0.25) is 0 Å². The monoisotopic (exact) mass is 340 g/mol. The van der Waals surface area contributed by atoms with Crippen molar-refractivity contribution < 1.29 is 9.84 Å². The van der Waals surface area contributed by atoms with E-state index in [4.69, 9.17) is 4.74 Å². The van der Waals surface area contributed by atoms with Crippen LogP contribution in [0.3, 0.4) is 0 Å². The molecule has 0 atom stereocenters. The molecular formula is C24H20O2. The molecular weight excluding hydrogens is 320 g/mol. The molecule has 0 saturated heterocycles. The van der Waals surface area contributed by atoms with Crippen LogP contribution >= 0.6 is 0 Å². The van der Waals surface area contributed by atoms with Crippen molar-refractivity contribution >= 4 is 21.5 Å². The van der Waals surface area contributed by atoms with Gasteiger partial charge in [0.05, 0.1) is 0 Å². The van der Waals surface area contributed by atoms with Crippen LogP contribution in [0.25, 0.3) is 21.5 Å². The summed E-state index contributed by atoms with van der Waals surface area (Å²) >= 11 is 0. The predicted octanol–water partition coefficient (Wildman–Crippen LogP) is 6.44. The molecule has 0 saturated carbocycles. The Hall–Kier alpha value is -3.00. The molecule has 1 aliphatic heterocycles. The van der Waals surface area contributed by atoms with Crippen LogP contribution in [0.2, 0.25) is 0 Å². The van der Waals surface area contributed by atoms with Gasteiger partial charge in [-0.15, -0.1) is 0 Å². The standard InChI is InChI=1S/C24H20O2/c1-14-12-19-22(17-10-6-4-8-15(14)17)26-23-18-11-7-5-9-16(18)21(25)13-20(23)24(19,2)3/h4-13,25H,1-3H3. The Labute approximate surface area is 152 Å². The van der Waals surface area contributed by atoms with Gasteiger partial charge in [0.25, 0.3) is 0 Å². The Morgan fingerprint density at radius 1 is 0.731 bits per heavy atom. The Morgan fingerprint density at radius 2 is 1.23 bits per heavy atom. The van der Waals surface area contributed by atoms with Crippen LogP contribution < -0.4 is 4.74 Å². The molecule has 0 unspecified atom stereocenters. The molecule has 4 aromatic carbocycles. The van der Waals surface area contributed by atoms with Gasteiger partial charge in [-0.25, -0.2) is 0 Å². The SMILES string of the molecule is Cc1cc2c(c3ccccc13)Oc1c(cc(O)c3ccccc13)C2(C)C. The van der Waals surface area contributed by atoms with E-state index in [1.54, 1.807) is 0 Å². The van der Waals surface area contributed by atoms with Gasteiger partial charge in [0.1, 0.15) is 17.2 Å². The Kier molecular flexibility index (Phi) is 2.94. The van der Waals surface area contributed by atoms with Crippen molar-refractivity contribution in [1.82, 2.24) is 0 Å². The fourth-order valence-corrected chi connectivity index (χ4v) is 4.26. The number of fused-ring (bicyclic) bond motifs is 6. The summed E-state index contributed by atoms with van der Waals surface area (Å²) in [6.45, 7) is 6.55. The number of aromatic hydroxyl groups is 1. The third kappa shape index (κ3) is 1.87. The van der Waals surface area contributed by atoms with E-state index in [1.807, 2.05) is 30.3 Å². The minimum Gasteiger partial charge on any atom is -0.507 e. The van der Waals surface area contributed by atoms with Crippen LogP contribution in [0.1, 0.15) is 30.5 Å². The van der Waals surface area contributed by atoms with Crippen LogP contribution in [0.4, 0.5) is 0 Å². The molecule has 128 valence electrons. The lowest BCUT2D eigenvalue weighted by molar-refractivity contribution is 0.422. The molecule has 2 heteroatoms. The van der Waals surface area contributed by atoms with Crippen LogP contribution in [0.5, 0.6) is 17.2 Å². The van der Waals surface area contributed by atoms with E-state index in [0.717, 1.165) is 38.8 Å². The predicted molar refractivity (Wildman–Crippen MR) is 106 cm³/mol. The number of benzene rings is 4.